The van der Waals surface area contributed by atoms with E-state index in [-0.39, 0.29) is 0 Å². The Bertz CT molecular complexity index is 478. The first-order valence-electron chi connectivity index (χ1n) is 6.74. The van der Waals surface area contributed by atoms with E-state index < -0.39 is 17.2 Å². The van der Waals surface area contributed by atoms with Crippen LogP contribution in [0.25, 0.3) is 0 Å². The normalized spacial score (nSPS) is 29.7. The molecule has 1 aliphatic heterocycles. The van der Waals surface area contributed by atoms with Gasteiger partial charge in [0.25, 0.3) is 5.79 Å². The number of carbonyl (C=O) groups is 1. The van der Waals surface area contributed by atoms with Crippen molar-refractivity contribution in [2.24, 2.45) is 5.41 Å². The minimum absolute atomic E-state index is 0.486. The quantitative estimate of drug-likeness (QED) is 0.845. The summed E-state index contributed by atoms with van der Waals surface area (Å²) in [5, 5.41) is 9.17. The first-order chi connectivity index (χ1) is 9.09. The molecule has 1 N–H and O–H groups in total. The lowest BCUT2D eigenvalue weighted by molar-refractivity contribution is -0.188. The van der Waals surface area contributed by atoms with Gasteiger partial charge < -0.3 is 14.6 Å². The Morgan fingerprint density at radius 1 is 1.26 bits per heavy atom. The van der Waals surface area contributed by atoms with E-state index in [9.17, 15) is 9.90 Å². The molecule has 0 amide bonds. The summed E-state index contributed by atoms with van der Waals surface area (Å²) in [7, 11) is 0. The summed E-state index contributed by atoms with van der Waals surface area (Å²) in [6.07, 6.45) is 10.2. The number of hydrogen-bond acceptors (Lipinski definition) is 3. The predicted molar refractivity (Wildman–Crippen MR) is 69.0 cm³/mol. The van der Waals surface area contributed by atoms with Crippen LogP contribution in [0, 0.1) is 5.41 Å². The van der Waals surface area contributed by atoms with Crippen molar-refractivity contribution in [2.45, 2.75) is 44.3 Å². The smallest absolute Gasteiger partial charge is 0.309 e. The maximum Gasteiger partial charge on any atom is 0.309 e. The van der Waals surface area contributed by atoms with Crippen LogP contribution >= 0.6 is 0 Å². The summed E-state index contributed by atoms with van der Waals surface area (Å²) in [6.45, 7) is 3.67. The van der Waals surface area contributed by atoms with E-state index in [1.54, 1.807) is 12.2 Å². The Kier molecular flexibility index (Phi) is 2.69. The van der Waals surface area contributed by atoms with Crippen LogP contribution in [0.2, 0.25) is 0 Å². The molecule has 0 radical (unpaired) electrons. The van der Waals surface area contributed by atoms with E-state index >= 15 is 0 Å². The van der Waals surface area contributed by atoms with Crippen molar-refractivity contribution in [2.75, 3.05) is 0 Å². The topological polar surface area (TPSA) is 55.8 Å². The van der Waals surface area contributed by atoms with E-state index in [0.717, 1.165) is 32.1 Å². The van der Waals surface area contributed by atoms with E-state index in [0.29, 0.717) is 17.9 Å². The highest BCUT2D eigenvalue weighted by atomic mass is 16.7. The molecule has 0 aromatic heterocycles. The second kappa shape index (κ2) is 4.15. The monoisotopic (exact) mass is 262 g/mol. The van der Waals surface area contributed by atoms with E-state index in [1.807, 2.05) is 6.08 Å². The van der Waals surface area contributed by atoms with Crippen LogP contribution in [0.3, 0.4) is 0 Å². The van der Waals surface area contributed by atoms with Gasteiger partial charge in [0.1, 0.15) is 0 Å². The summed E-state index contributed by atoms with van der Waals surface area (Å²) in [5.74, 6) is 0.152. The van der Waals surface area contributed by atoms with Gasteiger partial charge in [-0.05, 0) is 37.8 Å². The van der Waals surface area contributed by atoms with Crippen LogP contribution in [0.15, 0.2) is 36.3 Å². The second-order valence-corrected chi connectivity index (χ2v) is 5.59. The summed E-state index contributed by atoms with van der Waals surface area (Å²) >= 11 is 0. The van der Waals surface area contributed by atoms with Gasteiger partial charge in [-0.15, -0.1) is 0 Å². The Labute approximate surface area is 112 Å². The Balaban J connectivity index is 1.76. The first-order valence-corrected chi connectivity index (χ1v) is 6.74. The molecule has 1 saturated heterocycles. The molecule has 4 heteroatoms. The molecule has 0 aromatic carbocycles. The number of carboxylic acid groups (broad SMARTS) is 1. The summed E-state index contributed by atoms with van der Waals surface area (Å²) in [4.78, 5) is 11.2. The van der Waals surface area contributed by atoms with Crippen molar-refractivity contribution < 1.29 is 19.4 Å². The van der Waals surface area contributed by atoms with Crippen LogP contribution in [0.1, 0.15) is 38.5 Å². The fourth-order valence-corrected chi connectivity index (χ4v) is 2.50. The molecule has 0 atom stereocenters. The predicted octanol–water partition coefficient (Wildman–Crippen LogP) is 3.12. The molecule has 0 bridgehead atoms. The number of hydrogen-bond donors (Lipinski definition) is 1. The molecule has 19 heavy (non-hydrogen) atoms. The van der Waals surface area contributed by atoms with Gasteiger partial charge >= 0.3 is 5.97 Å². The van der Waals surface area contributed by atoms with Crippen molar-refractivity contribution >= 4 is 5.97 Å². The molecule has 0 aromatic rings. The van der Waals surface area contributed by atoms with Gasteiger partial charge in [-0.3, -0.25) is 4.79 Å². The lowest BCUT2D eigenvalue weighted by atomic mass is 9.91. The molecule has 2 saturated carbocycles. The number of aliphatic carboxylic acids is 1. The standard InChI is InChI=1S/C15H18O4/c1-2-4-11-12(19-15(18-11)6-3-7-15)5-8-14(9-10-14)13(16)17/h2,4-5H,1,3,6-10H2,(H,16,17)/b11-4+,12-5+. The van der Waals surface area contributed by atoms with Crippen molar-refractivity contribution in [1.82, 2.24) is 0 Å². The van der Waals surface area contributed by atoms with Crippen LogP contribution in [0.5, 0.6) is 0 Å². The van der Waals surface area contributed by atoms with Gasteiger partial charge in [-0.1, -0.05) is 12.7 Å². The number of allylic oxidation sites excluding steroid dienone is 3. The Hall–Kier alpha value is -1.71. The maximum atomic E-state index is 11.2. The minimum atomic E-state index is -0.712. The molecule has 3 fully saturated rings. The van der Waals surface area contributed by atoms with E-state index in [2.05, 4.69) is 6.58 Å². The van der Waals surface area contributed by atoms with Gasteiger partial charge in [0.05, 0.1) is 5.41 Å². The molecular weight excluding hydrogens is 244 g/mol. The molecule has 1 heterocycles. The minimum Gasteiger partial charge on any atom is -0.481 e. The summed E-state index contributed by atoms with van der Waals surface area (Å²) in [5.41, 5.74) is -0.564. The number of rotatable bonds is 4. The van der Waals surface area contributed by atoms with Crippen molar-refractivity contribution in [3.8, 4) is 0 Å². The maximum absolute atomic E-state index is 11.2. The van der Waals surface area contributed by atoms with E-state index in [4.69, 9.17) is 9.47 Å². The molecule has 3 aliphatic rings. The number of ether oxygens (including phenoxy) is 2. The zero-order chi connectivity index (χ0) is 13.5. The molecule has 102 valence electrons. The van der Waals surface area contributed by atoms with Gasteiger partial charge in [0.2, 0.25) is 0 Å². The third-order valence-electron chi connectivity index (χ3n) is 4.20. The average molecular weight is 262 g/mol. The van der Waals surface area contributed by atoms with Gasteiger partial charge in [-0.25, -0.2) is 0 Å². The van der Waals surface area contributed by atoms with Gasteiger partial charge in [-0.2, -0.15) is 0 Å². The van der Waals surface area contributed by atoms with Gasteiger partial charge in [0, 0.05) is 12.8 Å². The Morgan fingerprint density at radius 3 is 2.42 bits per heavy atom. The zero-order valence-electron chi connectivity index (χ0n) is 10.9. The van der Waals surface area contributed by atoms with Crippen LogP contribution < -0.4 is 0 Å². The molecule has 0 unspecified atom stereocenters. The van der Waals surface area contributed by atoms with Crippen LogP contribution in [0.4, 0.5) is 0 Å². The largest absolute Gasteiger partial charge is 0.481 e. The molecule has 3 rings (SSSR count). The third-order valence-corrected chi connectivity index (χ3v) is 4.20. The van der Waals surface area contributed by atoms with Crippen LogP contribution in [-0.2, 0) is 14.3 Å². The highest BCUT2D eigenvalue weighted by molar-refractivity contribution is 5.78. The van der Waals surface area contributed by atoms with Gasteiger partial charge in [0.15, 0.2) is 11.5 Å². The highest BCUT2D eigenvalue weighted by Crippen LogP contribution is 2.51. The fraction of sp³-hybridized carbons (Fsp3) is 0.533. The third kappa shape index (κ3) is 2.05. The van der Waals surface area contributed by atoms with E-state index in [1.165, 1.54) is 0 Å². The van der Waals surface area contributed by atoms with Crippen molar-refractivity contribution in [1.29, 1.82) is 0 Å². The van der Waals surface area contributed by atoms with Crippen molar-refractivity contribution in [3.05, 3.63) is 36.3 Å². The summed E-state index contributed by atoms with van der Waals surface area (Å²) < 4.78 is 11.7. The number of carboxylic acids is 1. The Morgan fingerprint density at radius 2 is 1.95 bits per heavy atom. The van der Waals surface area contributed by atoms with Crippen molar-refractivity contribution in [3.63, 3.8) is 0 Å². The van der Waals surface area contributed by atoms with Crippen LogP contribution in [-0.4, -0.2) is 16.9 Å². The summed E-state index contributed by atoms with van der Waals surface area (Å²) in [6, 6.07) is 0. The molecule has 2 aliphatic carbocycles. The molecule has 4 nitrogen and oxygen atoms in total. The first kappa shape index (κ1) is 12.3. The average Bonchev–Trinajstić information content (AvgIpc) is 3.03. The molecular formula is C15H18O4. The zero-order valence-corrected chi connectivity index (χ0v) is 10.9. The SMILES string of the molecule is C=C/C=C1/OC2(CCC2)O/C1=C/CC1(C(=O)O)CC1. The molecule has 1 spiro atoms. The lowest BCUT2D eigenvalue weighted by Gasteiger charge is -2.34. The fourth-order valence-electron chi connectivity index (χ4n) is 2.50. The second-order valence-electron chi connectivity index (χ2n) is 5.59. The lowest BCUT2D eigenvalue weighted by Crippen LogP contribution is -2.37. The highest BCUT2D eigenvalue weighted by Gasteiger charge is 2.51.